The Balaban J connectivity index is 1.88. The summed E-state index contributed by atoms with van der Waals surface area (Å²) in [5, 5.41) is 2.81. The SMILES string of the molecule is C[C@]1(C(=O)NCc2ccccc2)CN(S(C)(=O)=O)CC(=O)N1Cc1ccc(F)cc1. The van der Waals surface area contributed by atoms with Crippen LogP contribution in [0.15, 0.2) is 54.6 Å². The fourth-order valence-corrected chi connectivity index (χ4v) is 4.26. The maximum atomic E-state index is 13.2. The van der Waals surface area contributed by atoms with Crippen LogP contribution in [0, 0.1) is 5.82 Å². The summed E-state index contributed by atoms with van der Waals surface area (Å²) in [5.41, 5.74) is 0.0861. The number of rotatable bonds is 6. The fourth-order valence-electron chi connectivity index (χ4n) is 3.43. The third-order valence-electron chi connectivity index (χ3n) is 5.20. The number of amides is 2. The van der Waals surface area contributed by atoms with Crippen molar-refractivity contribution in [3.8, 4) is 0 Å². The molecule has 2 amide bonds. The molecule has 1 saturated heterocycles. The van der Waals surface area contributed by atoms with Gasteiger partial charge in [0.05, 0.1) is 12.8 Å². The summed E-state index contributed by atoms with van der Waals surface area (Å²) in [7, 11) is -3.68. The third-order valence-corrected chi connectivity index (χ3v) is 6.40. The standard InChI is InChI=1S/C21H24FN3O4S/c1-21(20(27)23-12-16-6-4-3-5-7-16)15-24(30(2,28)29)14-19(26)25(21)13-17-8-10-18(22)11-9-17/h3-11H,12-15H2,1-2H3,(H,23,27)/t21-/m1/s1. The molecule has 3 rings (SSSR count). The predicted octanol–water partition coefficient (Wildman–Crippen LogP) is 1.50. The molecule has 0 bridgehead atoms. The first-order chi connectivity index (χ1) is 14.1. The topological polar surface area (TPSA) is 86.8 Å². The van der Waals surface area contributed by atoms with Crippen molar-refractivity contribution >= 4 is 21.8 Å². The second-order valence-electron chi connectivity index (χ2n) is 7.58. The van der Waals surface area contributed by atoms with Crippen LogP contribution < -0.4 is 5.32 Å². The molecule has 1 fully saturated rings. The minimum atomic E-state index is -3.68. The Labute approximate surface area is 175 Å². The molecule has 30 heavy (non-hydrogen) atoms. The highest BCUT2D eigenvalue weighted by Gasteiger charge is 2.49. The Morgan fingerprint density at radius 1 is 1.10 bits per heavy atom. The zero-order chi connectivity index (χ0) is 21.9. The minimum absolute atomic E-state index is 0.0615. The normalized spacial score (nSPS) is 20.2. The van der Waals surface area contributed by atoms with Gasteiger partial charge in [-0.3, -0.25) is 9.59 Å². The first-order valence-electron chi connectivity index (χ1n) is 9.42. The van der Waals surface area contributed by atoms with Gasteiger partial charge in [-0.25, -0.2) is 12.8 Å². The molecule has 2 aromatic rings. The second-order valence-corrected chi connectivity index (χ2v) is 9.56. The van der Waals surface area contributed by atoms with Gasteiger partial charge in [0.15, 0.2) is 0 Å². The average molecular weight is 434 g/mol. The van der Waals surface area contributed by atoms with Crippen molar-refractivity contribution in [3.63, 3.8) is 0 Å². The van der Waals surface area contributed by atoms with Crippen LogP contribution in [-0.4, -0.2) is 54.3 Å². The summed E-state index contributed by atoms with van der Waals surface area (Å²) in [6.07, 6.45) is 1.01. The molecule has 7 nitrogen and oxygen atoms in total. The number of hydrogen-bond donors (Lipinski definition) is 1. The molecule has 1 N–H and O–H groups in total. The van der Waals surface area contributed by atoms with E-state index in [9.17, 15) is 22.4 Å². The van der Waals surface area contributed by atoms with Crippen LogP contribution in [0.1, 0.15) is 18.1 Å². The number of nitrogens with one attached hydrogen (secondary N) is 1. The number of piperazine rings is 1. The number of hydrogen-bond acceptors (Lipinski definition) is 4. The van der Waals surface area contributed by atoms with Crippen LogP contribution >= 0.6 is 0 Å². The van der Waals surface area contributed by atoms with Gasteiger partial charge in [0, 0.05) is 19.6 Å². The maximum Gasteiger partial charge on any atom is 0.247 e. The fraction of sp³-hybridized carbons (Fsp3) is 0.333. The Hall–Kier alpha value is -2.78. The van der Waals surface area contributed by atoms with Gasteiger partial charge in [0.1, 0.15) is 11.4 Å². The summed E-state index contributed by atoms with van der Waals surface area (Å²) >= 11 is 0. The van der Waals surface area contributed by atoms with Crippen LogP contribution in [0.4, 0.5) is 4.39 Å². The van der Waals surface area contributed by atoms with E-state index in [0.717, 1.165) is 16.1 Å². The number of benzene rings is 2. The zero-order valence-electron chi connectivity index (χ0n) is 16.8. The smallest absolute Gasteiger partial charge is 0.247 e. The van der Waals surface area contributed by atoms with E-state index >= 15 is 0 Å². The summed E-state index contributed by atoms with van der Waals surface area (Å²) in [5.74, 6) is -1.36. The highest BCUT2D eigenvalue weighted by molar-refractivity contribution is 7.88. The molecule has 0 spiro atoms. The molecule has 2 aromatic carbocycles. The lowest BCUT2D eigenvalue weighted by atomic mass is 9.94. The maximum absolute atomic E-state index is 13.2. The van der Waals surface area contributed by atoms with E-state index in [-0.39, 0.29) is 26.2 Å². The number of halogens is 1. The lowest BCUT2D eigenvalue weighted by molar-refractivity contribution is -0.153. The van der Waals surface area contributed by atoms with Gasteiger partial charge in [-0.1, -0.05) is 42.5 Å². The molecule has 160 valence electrons. The van der Waals surface area contributed by atoms with Crippen LogP contribution in [0.2, 0.25) is 0 Å². The Morgan fingerprint density at radius 3 is 2.33 bits per heavy atom. The highest BCUT2D eigenvalue weighted by atomic mass is 32.2. The van der Waals surface area contributed by atoms with E-state index in [2.05, 4.69) is 5.32 Å². The van der Waals surface area contributed by atoms with Crippen molar-refractivity contribution in [1.82, 2.24) is 14.5 Å². The van der Waals surface area contributed by atoms with Crippen molar-refractivity contribution < 1.29 is 22.4 Å². The number of nitrogens with zero attached hydrogens (tertiary/aromatic N) is 2. The summed E-state index contributed by atoms with van der Waals surface area (Å²) in [4.78, 5) is 27.4. The predicted molar refractivity (Wildman–Crippen MR) is 110 cm³/mol. The van der Waals surface area contributed by atoms with Gasteiger partial charge in [0.2, 0.25) is 21.8 Å². The molecule has 0 unspecified atom stereocenters. The van der Waals surface area contributed by atoms with E-state index in [1.807, 2.05) is 30.3 Å². The summed E-state index contributed by atoms with van der Waals surface area (Å²) in [6.45, 7) is 1.34. The van der Waals surface area contributed by atoms with Crippen LogP contribution in [-0.2, 0) is 32.7 Å². The minimum Gasteiger partial charge on any atom is -0.350 e. The Kier molecular flexibility index (Phi) is 6.23. The summed E-state index contributed by atoms with van der Waals surface area (Å²) in [6, 6.07) is 14.9. The van der Waals surface area contributed by atoms with Gasteiger partial charge in [-0.2, -0.15) is 4.31 Å². The van der Waals surface area contributed by atoms with Gasteiger partial charge in [-0.15, -0.1) is 0 Å². The van der Waals surface area contributed by atoms with E-state index in [4.69, 9.17) is 0 Å². The molecule has 1 aliphatic rings. The zero-order valence-corrected chi connectivity index (χ0v) is 17.7. The first-order valence-corrected chi connectivity index (χ1v) is 11.3. The molecule has 1 heterocycles. The average Bonchev–Trinajstić information content (AvgIpc) is 2.70. The van der Waals surface area contributed by atoms with Gasteiger partial charge >= 0.3 is 0 Å². The second kappa shape index (κ2) is 8.53. The van der Waals surface area contributed by atoms with Crippen molar-refractivity contribution in [2.45, 2.75) is 25.6 Å². The van der Waals surface area contributed by atoms with E-state index in [1.54, 1.807) is 6.92 Å². The third kappa shape index (κ3) is 4.85. The lowest BCUT2D eigenvalue weighted by Gasteiger charge is -2.46. The van der Waals surface area contributed by atoms with Crippen LogP contribution in [0.5, 0.6) is 0 Å². The van der Waals surface area contributed by atoms with Gasteiger partial charge in [-0.05, 0) is 30.2 Å². The van der Waals surface area contributed by atoms with Gasteiger partial charge in [0.25, 0.3) is 0 Å². The number of carbonyl (C=O) groups is 2. The largest absolute Gasteiger partial charge is 0.350 e. The van der Waals surface area contributed by atoms with E-state index in [0.29, 0.717) is 5.56 Å². The molecule has 0 aromatic heterocycles. The molecule has 1 aliphatic heterocycles. The van der Waals surface area contributed by atoms with Crippen LogP contribution in [0.3, 0.4) is 0 Å². The quantitative estimate of drug-likeness (QED) is 0.748. The van der Waals surface area contributed by atoms with Crippen LogP contribution in [0.25, 0.3) is 0 Å². The first kappa shape index (κ1) is 21.9. The Bertz CT molecular complexity index is 1030. The molecule has 9 heteroatoms. The molecular weight excluding hydrogens is 409 g/mol. The van der Waals surface area contributed by atoms with Crippen molar-refractivity contribution in [3.05, 3.63) is 71.5 Å². The monoisotopic (exact) mass is 433 g/mol. The van der Waals surface area contributed by atoms with Gasteiger partial charge < -0.3 is 10.2 Å². The number of carbonyl (C=O) groups excluding carboxylic acids is 2. The van der Waals surface area contributed by atoms with Crippen molar-refractivity contribution in [1.29, 1.82) is 0 Å². The number of sulfonamides is 1. The Morgan fingerprint density at radius 2 is 1.73 bits per heavy atom. The summed E-state index contributed by atoms with van der Waals surface area (Å²) < 4.78 is 38.5. The van der Waals surface area contributed by atoms with E-state index < -0.39 is 33.2 Å². The molecular formula is C21H24FN3O4S. The molecule has 1 atom stereocenters. The molecule has 0 aliphatic carbocycles. The molecule has 0 radical (unpaired) electrons. The molecule has 0 saturated carbocycles. The van der Waals surface area contributed by atoms with E-state index in [1.165, 1.54) is 29.2 Å². The lowest BCUT2D eigenvalue weighted by Crippen LogP contribution is -2.69. The van der Waals surface area contributed by atoms with Crippen molar-refractivity contribution in [2.75, 3.05) is 19.3 Å². The highest BCUT2D eigenvalue weighted by Crippen LogP contribution is 2.27. The van der Waals surface area contributed by atoms with Crippen molar-refractivity contribution in [2.24, 2.45) is 0 Å².